The summed E-state index contributed by atoms with van der Waals surface area (Å²) in [5.74, 6) is -0.366. The molecule has 2 atom stereocenters. The summed E-state index contributed by atoms with van der Waals surface area (Å²) in [4.78, 5) is 18.0. The van der Waals surface area contributed by atoms with Gasteiger partial charge in [0.2, 0.25) is 15.9 Å². The molecule has 3 aromatic carbocycles. The van der Waals surface area contributed by atoms with E-state index in [9.17, 15) is 13.2 Å². The van der Waals surface area contributed by atoms with Gasteiger partial charge in [-0.25, -0.2) is 13.0 Å². The molecule has 11 heteroatoms. The fourth-order valence-corrected chi connectivity index (χ4v) is 7.63. The first kappa shape index (κ1) is 26.9. The first-order valence-corrected chi connectivity index (χ1v) is 15.3. The quantitative estimate of drug-likeness (QED) is 0.337. The lowest BCUT2D eigenvalue weighted by Gasteiger charge is -2.41. The second-order valence-corrected chi connectivity index (χ2v) is 12.7. The molecule has 1 amide bonds. The summed E-state index contributed by atoms with van der Waals surface area (Å²) in [6, 6.07) is 23.1. The molecular weight excluding hydrogens is 550 g/mol. The number of hydrogen-bond acceptors (Lipinski definition) is 7. The molecule has 9 nitrogen and oxygen atoms in total. The van der Waals surface area contributed by atoms with Gasteiger partial charge in [-0.05, 0) is 58.5 Å². The predicted molar refractivity (Wildman–Crippen MR) is 151 cm³/mol. The monoisotopic (exact) mass is 579 g/mol. The minimum absolute atomic E-state index is 0.0172. The number of carbonyl (C=O) groups is 1. The maximum Gasteiger partial charge on any atom is 0.245 e. The number of benzene rings is 3. The first-order chi connectivity index (χ1) is 19.4. The van der Waals surface area contributed by atoms with Crippen molar-refractivity contribution in [3.63, 3.8) is 0 Å². The van der Waals surface area contributed by atoms with Crippen molar-refractivity contribution in [2.45, 2.75) is 23.8 Å². The van der Waals surface area contributed by atoms with Crippen LogP contribution < -0.4 is 0 Å². The second-order valence-electron chi connectivity index (χ2n) is 10.3. The maximum atomic E-state index is 13.6. The lowest BCUT2D eigenvalue weighted by atomic mass is 9.95. The van der Waals surface area contributed by atoms with Crippen molar-refractivity contribution in [3.05, 3.63) is 88.9 Å². The zero-order valence-corrected chi connectivity index (χ0v) is 23.5. The molecule has 0 unspecified atom stereocenters. The smallest absolute Gasteiger partial charge is 0.245 e. The van der Waals surface area contributed by atoms with E-state index in [1.807, 2.05) is 35.2 Å². The van der Waals surface area contributed by atoms with E-state index in [1.54, 1.807) is 12.1 Å². The van der Waals surface area contributed by atoms with E-state index in [2.05, 4.69) is 39.5 Å². The van der Waals surface area contributed by atoms with E-state index in [4.69, 9.17) is 16.2 Å². The average Bonchev–Trinajstić information content (AvgIpc) is 3.48. The summed E-state index contributed by atoms with van der Waals surface area (Å²) in [6.07, 6.45) is 1.29. The Labute approximate surface area is 238 Å². The van der Waals surface area contributed by atoms with Crippen LogP contribution >= 0.6 is 11.6 Å². The van der Waals surface area contributed by atoms with Crippen molar-refractivity contribution in [1.82, 2.24) is 24.4 Å². The third-order valence-electron chi connectivity index (χ3n) is 7.89. The minimum atomic E-state index is -3.86. The topological polar surface area (TPSA) is 99.8 Å². The Kier molecular flexibility index (Phi) is 7.59. The number of rotatable bonds is 6. The molecule has 1 aromatic heterocycles. The Balaban J connectivity index is 1.14. The SMILES string of the molecule is O=C([C@@H]1CCCN(S(=O)(=O)c2cccc3nonc23)C1)N1CCN([C@@H](c2ccccc2)c2ccc(Cl)cc2)CC1. The van der Waals surface area contributed by atoms with E-state index in [-0.39, 0.29) is 34.8 Å². The summed E-state index contributed by atoms with van der Waals surface area (Å²) in [6.45, 7) is 3.11. The predicted octanol–water partition coefficient (Wildman–Crippen LogP) is 4.21. The third-order valence-corrected chi connectivity index (χ3v) is 10.0. The maximum absolute atomic E-state index is 13.6. The molecule has 4 aromatic rings. The molecule has 2 aliphatic rings. The van der Waals surface area contributed by atoms with Gasteiger partial charge < -0.3 is 4.90 Å². The zero-order chi connectivity index (χ0) is 27.7. The third kappa shape index (κ3) is 5.24. The largest absolute Gasteiger partial charge is 0.340 e. The normalized spacial score (nSPS) is 20.0. The van der Waals surface area contributed by atoms with Crippen molar-refractivity contribution in [3.8, 4) is 0 Å². The molecule has 6 rings (SSSR count). The molecule has 2 saturated heterocycles. The molecule has 40 heavy (non-hydrogen) atoms. The van der Waals surface area contributed by atoms with E-state index < -0.39 is 10.0 Å². The Hall–Kier alpha value is -3.31. The fourth-order valence-electron chi connectivity index (χ4n) is 5.84. The lowest BCUT2D eigenvalue weighted by molar-refractivity contribution is -0.138. The molecular formula is C29H30ClN5O4S. The number of nitrogens with zero attached hydrogens (tertiary/aromatic N) is 5. The van der Waals surface area contributed by atoms with Gasteiger partial charge in [-0.1, -0.05) is 60.1 Å². The molecule has 0 spiro atoms. The number of piperazine rings is 1. The molecule has 0 radical (unpaired) electrons. The molecule has 0 bridgehead atoms. The lowest BCUT2D eigenvalue weighted by Crippen LogP contribution is -2.53. The van der Waals surface area contributed by atoms with E-state index in [0.717, 1.165) is 5.56 Å². The fraction of sp³-hybridized carbons (Fsp3) is 0.345. The highest BCUT2D eigenvalue weighted by molar-refractivity contribution is 7.89. The molecule has 0 aliphatic carbocycles. The zero-order valence-electron chi connectivity index (χ0n) is 21.9. The highest BCUT2D eigenvalue weighted by Crippen LogP contribution is 2.32. The van der Waals surface area contributed by atoms with Gasteiger partial charge in [-0.2, -0.15) is 4.31 Å². The summed E-state index contributed by atoms with van der Waals surface area (Å²) in [7, 11) is -3.86. The Morgan fingerprint density at radius 1 is 0.875 bits per heavy atom. The van der Waals surface area contributed by atoms with Gasteiger partial charge in [0.25, 0.3) is 0 Å². The van der Waals surface area contributed by atoms with Gasteiger partial charge in [0.05, 0.1) is 12.0 Å². The van der Waals surface area contributed by atoms with Crippen LogP contribution in [0.15, 0.2) is 82.3 Å². The molecule has 2 aliphatic heterocycles. The van der Waals surface area contributed by atoms with E-state index >= 15 is 0 Å². The number of amides is 1. The minimum Gasteiger partial charge on any atom is -0.340 e. The van der Waals surface area contributed by atoms with Crippen LogP contribution in [0.4, 0.5) is 0 Å². The van der Waals surface area contributed by atoms with Gasteiger partial charge >= 0.3 is 0 Å². The van der Waals surface area contributed by atoms with Crippen LogP contribution in [0.5, 0.6) is 0 Å². The standard InChI is InChI=1S/C29H30ClN5O4S/c30-24-13-11-22(12-14-24)28(21-6-2-1-3-7-21)33-16-18-34(19-17-33)29(36)23-8-5-15-35(20-23)40(37,38)26-10-4-9-25-27(26)32-39-31-25/h1-4,6-7,9-14,23,28H,5,8,15-20H2/t23-,28+/m1/s1. The van der Waals surface area contributed by atoms with Crippen LogP contribution in [0.1, 0.15) is 30.0 Å². The number of piperidine rings is 1. The van der Waals surface area contributed by atoms with Gasteiger partial charge in [0, 0.05) is 44.3 Å². The molecule has 0 saturated carbocycles. The summed E-state index contributed by atoms with van der Waals surface area (Å²) >= 11 is 6.16. The van der Waals surface area contributed by atoms with Gasteiger partial charge in [-0.15, -0.1) is 0 Å². The summed E-state index contributed by atoms with van der Waals surface area (Å²) < 4.78 is 33.2. The van der Waals surface area contributed by atoms with Crippen LogP contribution in [-0.4, -0.2) is 78.0 Å². The Bertz CT molecular complexity index is 1590. The van der Waals surface area contributed by atoms with Gasteiger partial charge in [-0.3, -0.25) is 9.69 Å². The number of sulfonamides is 1. The van der Waals surface area contributed by atoms with Gasteiger partial charge in [0.1, 0.15) is 10.4 Å². The number of carbonyl (C=O) groups excluding carboxylic acids is 1. The number of aromatic nitrogens is 2. The molecule has 2 fully saturated rings. The van der Waals surface area contributed by atoms with Crippen LogP contribution in [-0.2, 0) is 14.8 Å². The number of halogens is 1. The number of fused-ring (bicyclic) bond motifs is 1. The van der Waals surface area contributed by atoms with Crippen molar-refractivity contribution in [1.29, 1.82) is 0 Å². The van der Waals surface area contributed by atoms with Crippen LogP contribution in [0, 0.1) is 5.92 Å². The van der Waals surface area contributed by atoms with Crippen LogP contribution in [0.3, 0.4) is 0 Å². The average molecular weight is 580 g/mol. The van der Waals surface area contributed by atoms with Crippen molar-refractivity contribution in [2.75, 3.05) is 39.3 Å². The molecule has 3 heterocycles. The Morgan fingerprint density at radius 3 is 2.35 bits per heavy atom. The van der Waals surface area contributed by atoms with E-state index in [0.29, 0.717) is 56.1 Å². The second kappa shape index (κ2) is 11.3. The van der Waals surface area contributed by atoms with Crippen molar-refractivity contribution < 1.29 is 17.8 Å². The van der Waals surface area contributed by atoms with Crippen molar-refractivity contribution >= 4 is 38.6 Å². The van der Waals surface area contributed by atoms with Gasteiger partial charge in [0.15, 0.2) is 5.52 Å². The summed E-state index contributed by atoms with van der Waals surface area (Å²) in [5, 5.41) is 8.26. The number of hydrogen-bond donors (Lipinski definition) is 0. The molecule has 0 N–H and O–H groups in total. The summed E-state index contributed by atoms with van der Waals surface area (Å²) in [5.41, 5.74) is 2.94. The molecule has 208 valence electrons. The van der Waals surface area contributed by atoms with Crippen molar-refractivity contribution in [2.24, 2.45) is 5.92 Å². The van der Waals surface area contributed by atoms with Crippen LogP contribution in [0.25, 0.3) is 11.0 Å². The van der Waals surface area contributed by atoms with E-state index in [1.165, 1.54) is 15.9 Å². The van der Waals surface area contributed by atoms with Crippen LogP contribution in [0.2, 0.25) is 5.02 Å². The highest BCUT2D eigenvalue weighted by Gasteiger charge is 2.37. The first-order valence-electron chi connectivity index (χ1n) is 13.5. The highest BCUT2D eigenvalue weighted by atomic mass is 35.5. The Morgan fingerprint density at radius 2 is 1.60 bits per heavy atom.